The molecule has 8 rings (SSSR count). The molecular formula is C54H60O2SiZr. The van der Waals surface area contributed by atoms with E-state index in [9.17, 15) is 10.2 Å². The van der Waals surface area contributed by atoms with Gasteiger partial charge < -0.3 is 10.2 Å². The van der Waals surface area contributed by atoms with Crippen LogP contribution in [0.4, 0.5) is 0 Å². The third kappa shape index (κ3) is 15.5. The second-order valence-corrected chi connectivity index (χ2v) is 18.1. The smallest absolute Gasteiger partial charge is 0.508 e. The van der Waals surface area contributed by atoms with Crippen molar-refractivity contribution in [3.63, 3.8) is 0 Å². The molecule has 8 aromatic rings. The van der Waals surface area contributed by atoms with Crippen LogP contribution in [0, 0.1) is 27.7 Å². The third-order valence-electron chi connectivity index (χ3n) is 9.28. The fourth-order valence-electron chi connectivity index (χ4n) is 6.32. The molecule has 0 aliphatic heterocycles. The van der Waals surface area contributed by atoms with Crippen molar-refractivity contribution < 1.29 is 36.4 Å². The van der Waals surface area contributed by atoms with Crippen molar-refractivity contribution in [2.45, 2.75) is 80.1 Å². The van der Waals surface area contributed by atoms with Crippen molar-refractivity contribution in [3.8, 4) is 11.5 Å². The molecule has 0 saturated carbocycles. The maximum absolute atomic E-state index is 9.57. The summed E-state index contributed by atoms with van der Waals surface area (Å²) in [5, 5.41) is 27.3. The molecule has 0 fully saturated rings. The molecule has 296 valence electrons. The molecule has 8 aromatic carbocycles. The Kier molecular flexibility index (Phi) is 18.4. The second kappa shape index (κ2) is 22.4. The number of fused-ring (bicyclic) bond motifs is 2. The number of hydrogen-bond acceptors (Lipinski definition) is 2. The first-order valence-electron chi connectivity index (χ1n) is 19.7. The van der Waals surface area contributed by atoms with Crippen molar-refractivity contribution in [1.82, 2.24) is 0 Å². The maximum Gasteiger partial charge on any atom is 2.00 e. The van der Waals surface area contributed by atoms with Crippen LogP contribution in [-0.2, 0) is 37.0 Å². The molecular weight excluding hydrogens is 800 g/mol. The minimum atomic E-state index is 0. The van der Waals surface area contributed by atoms with Crippen molar-refractivity contribution in [3.05, 3.63) is 203 Å². The molecule has 0 saturated heterocycles. The van der Waals surface area contributed by atoms with Crippen LogP contribution in [0.5, 0.6) is 11.5 Å². The molecule has 4 heteroatoms. The molecule has 0 spiro atoms. The van der Waals surface area contributed by atoms with Gasteiger partial charge in [-0.3, -0.25) is 0 Å². The monoisotopic (exact) mass is 858 g/mol. The van der Waals surface area contributed by atoms with Gasteiger partial charge in [0, 0.05) is 0 Å². The van der Waals surface area contributed by atoms with Crippen LogP contribution >= 0.6 is 0 Å². The topological polar surface area (TPSA) is 40.5 Å². The van der Waals surface area contributed by atoms with Gasteiger partial charge in [0.1, 0.15) is 21.0 Å². The first-order chi connectivity index (χ1) is 27.0. The molecule has 2 N–H and O–H groups in total. The Hall–Kier alpha value is -4.76. The standard InChI is InChI=1S/C12H10Si.2C11H16O.2C10H9.Zr/c1-3-7-11(8-4-1)13-12-9-5-2-6-10-12;2*1-8-5-6-10(12)9(7-8)11(2,3)4;2*1-8-6-9-4-2-3-5-10(9)7-8;/h1-10H;2*5-7,12H,1-4H3;2*2-7H,1H3;/q;;;2*-1;+2. The Morgan fingerprint density at radius 3 is 1.05 bits per heavy atom. The SMILES string of the molecule is Cc1cc2ccccc2[cH-]1.Cc1cc2ccccc2[cH-]1.Cc1ccc(O)c(C(C)(C)C)c1.Cc1ccc(O)c(C(C)(C)C)c1.[Zr+2].c1ccc([Si]c2ccccc2)cc1. The Balaban J connectivity index is 0.000000194. The summed E-state index contributed by atoms with van der Waals surface area (Å²) in [6, 6.07) is 58.3. The van der Waals surface area contributed by atoms with E-state index in [0.717, 1.165) is 20.6 Å². The maximum atomic E-state index is 9.57. The largest absolute Gasteiger partial charge is 2.00 e. The van der Waals surface area contributed by atoms with Gasteiger partial charge in [-0.15, -0.1) is 81.2 Å². The van der Waals surface area contributed by atoms with Crippen molar-refractivity contribution in [2.24, 2.45) is 0 Å². The van der Waals surface area contributed by atoms with E-state index in [1.807, 2.05) is 38.1 Å². The van der Waals surface area contributed by atoms with Gasteiger partial charge >= 0.3 is 26.2 Å². The molecule has 0 aromatic heterocycles. The molecule has 0 heterocycles. The predicted molar refractivity (Wildman–Crippen MR) is 250 cm³/mol. The molecule has 58 heavy (non-hydrogen) atoms. The van der Waals surface area contributed by atoms with Gasteiger partial charge in [-0.2, -0.15) is 12.1 Å². The van der Waals surface area contributed by atoms with Crippen molar-refractivity contribution >= 4 is 41.4 Å². The predicted octanol–water partition coefficient (Wildman–Crippen LogP) is 13.1. The molecule has 0 amide bonds. The molecule has 2 radical (unpaired) electrons. The fraction of sp³-hybridized carbons (Fsp3) is 0.222. The number of phenols is 2. The third-order valence-corrected chi connectivity index (χ3v) is 10.5. The molecule has 2 nitrogen and oxygen atoms in total. The summed E-state index contributed by atoms with van der Waals surface area (Å²) in [6.45, 7) is 20.9. The van der Waals surface area contributed by atoms with Crippen molar-refractivity contribution in [2.75, 3.05) is 0 Å². The van der Waals surface area contributed by atoms with E-state index in [4.69, 9.17) is 0 Å². The van der Waals surface area contributed by atoms with Crippen LogP contribution in [0.3, 0.4) is 0 Å². The van der Waals surface area contributed by atoms with Gasteiger partial charge in [-0.25, -0.2) is 0 Å². The number of aryl methyl sites for hydroxylation is 4. The molecule has 0 unspecified atom stereocenters. The van der Waals surface area contributed by atoms with Crippen LogP contribution in [0.1, 0.15) is 74.9 Å². The van der Waals surface area contributed by atoms with E-state index in [2.05, 4.69) is 189 Å². The van der Waals surface area contributed by atoms with Gasteiger partial charge in [-0.1, -0.05) is 174 Å². The quantitative estimate of drug-likeness (QED) is 0.134. The first kappa shape index (κ1) is 47.6. The second-order valence-electron chi connectivity index (χ2n) is 16.7. The first-order valence-corrected chi connectivity index (χ1v) is 20.7. The van der Waals surface area contributed by atoms with E-state index >= 15 is 0 Å². The van der Waals surface area contributed by atoms with Gasteiger partial charge in [-0.05, 0) is 47.9 Å². The van der Waals surface area contributed by atoms with E-state index in [1.54, 1.807) is 12.1 Å². The van der Waals surface area contributed by atoms with Crippen LogP contribution in [-0.4, -0.2) is 19.7 Å². The van der Waals surface area contributed by atoms with E-state index in [0.29, 0.717) is 11.5 Å². The Morgan fingerprint density at radius 2 is 0.741 bits per heavy atom. The van der Waals surface area contributed by atoms with Gasteiger partial charge in [0.2, 0.25) is 0 Å². The summed E-state index contributed by atoms with van der Waals surface area (Å²) in [7, 11) is 0.777. The number of benzene rings is 6. The van der Waals surface area contributed by atoms with Crippen molar-refractivity contribution in [1.29, 1.82) is 0 Å². The summed E-state index contributed by atoms with van der Waals surface area (Å²) in [6.07, 6.45) is 0. The average molecular weight is 860 g/mol. The van der Waals surface area contributed by atoms with Crippen LogP contribution in [0.25, 0.3) is 21.5 Å². The zero-order valence-corrected chi connectivity index (χ0v) is 39.5. The fourth-order valence-corrected chi connectivity index (χ4v) is 7.37. The van der Waals surface area contributed by atoms with E-state index < -0.39 is 0 Å². The summed E-state index contributed by atoms with van der Waals surface area (Å²) in [5.74, 6) is 0.793. The molecule has 0 aliphatic carbocycles. The Morgan fingerprint density at radius 1 is 0.414 bits per heavy atom. The molecule has 0 atom stereocenters. The summed E-state index contributed by atoms with van der Waals surface area (Å²) < 4.78 is 0. The zero-order chi connectivity index (χ0) is 41.6. The summed E-state index contributed by atoms with van der Waals surface area (Å²) in [4.78, 5) is 0. The van der Waals surface area contributed by atoms with Gasteiger partial charge in [0.05, 0.1) is 0 Å². The van der Waals surface area contributed by atoms with Crippen LogP contribution in [0.15, 0.2) is 170 Å². The average Bonchev–Trinajstić information content (AvgIpc) is 3.75. The molecule has 0 aliphatic rings. The van der Waals surface area contributed by atoms with Gasteiger partial charge in [0.15, 0.2) is 0 Å². The minimum absolute atomic E-state index is 0. The molecule has 0 bridgehead atoms. The number of phenolic OH excluding ortho intramolecular Hbond substituents is 2. The number of hydrogen-bond donors (Lipinski definition) is 2. The number of aromatic hydroxyl groups is 2. The van der Waals surface area contributed by atoms with Crippen LogP contribution < -0.4 is 10.4 Å². The minimum Gasteiger partial charge on any atom is -0.508 e. The Labute approximate surface area is 370 Å². The zero-order valence-electron chi connectivity index (χ0n) is 36.1. The van der Waals surface area contributed by atoms with E-state index in [1.165, 1.54) is 54.2 Å². The van der Waals surface area contributed by atoms with Crippen LogP contribution in [0.2, 0.25) is 0 Å². The number of rotatable bonds is 2. The summed E-state index contributed by atoms with van der Waals surface area (Å²) >= 11 is 0. The van der Waals surface area contributed by atoms with E-state index in [-0.39, 0.29) is 37.0 Å². The summed E-state index contributed by atoms with van der Waals surface area (Å²) in [5.41, 5.74) is 7.16. The van der Waals surface area contributed by atoms with Gasteiger partial charge in [0.25, 0.3) is 0 Å². The Bertz CT molecular complexity index is 2170. The normalized spacial score (nSPS) is 10.7.